The fraction of sp³-hybridized carbons (Fsp3) is 0.263. The van der Waals surface area contributed by atoms with E-state index in [1.54, 1.807) is 31.4 Å². The van der Waals surface area contributed by atoms with Crippen LogP contribution in [0.4, 0.5) is 11.4 Å². The lowest BCUT2D eigenvalue weighted by molar-refractivity contribution is -0.114. The molecule has 2 rings (SSSR count). The van der Waals surface area contributed by atoms with Crippen LogP contribution in [-0.2, 0) is 11.3 Å². The molecule has 0 saturated heterocycles. The number of amides is 2. The Kier molecular flexibility index (Phi) is 6.00. The molecule has 0 heterocycles. The predicted molar refractivity (Wildman–Crippen MR) is 99.2 cm³/mol. The van der Waals surface area contributed by atoms with Crippen molar-refractivity contribution in [3.05, 3.63) is 53.6 Å². The zero-order chi connectivity index (χ0) is 18.4. The van der Waals surface area contributed by atoms with Crippen LogP contribution in [-0.4, -0.2) is 33.0 Å². The van der Waals surface area contributed by atoms with Crippen molar-refractivity contribution < 1.29 is 14.3 Å². The lowest BCUT2D eigenvalue weighted by Crippen LogP contribution is -2.23. The van der Waals surface area contributed by atoms with Crippen molar-refractivity contribution >= 4 is 23.2 Å². The van der Waals surface area contributed by atoms with E-state index in [0.29, 0.717) is 23.5 Å². The van der Waals surface area contributed by atoms with E-state index in [9.17, 15) is 9.59 Å². The third-order valence-corrected chi connectivity index (χ3v) is 3.67. The topological polar surface area (TPSA) is 70.7 Å². The maximum absolute atomic E-state index is 12.3. The molecule has 6 heteroatoms. The van der Waals surface area contributed by atoms with Gasteiger partial charge in [0, 0.05) is 38.8 Å². The molecule has 25 heavy (non-hydrogen) atoms. The van der Waals surface area contributed by atoms with E-state index >= 15 is 0 Å². The molecule has 0 atom stereocenters. The average molecular weight is 341 g/mol. The minimum atomic E-state index is -0.180. The number of anilines is 2. The first-order chi connectivity index (χ1) is 11.9. The van der Waals surface area contributed by atoms with Crippen LogP contribution in [0.25, 0.3) is 0 Å². The summed E-state index contributed by atoms with van der Waals surface area (Å²) in [6, 6.07) is 12.8. The van der Waals surface area contributed by atoms with Crippen LogP contribution < -0.4 is 20.3 Å². The third kappa shape index (κ3) is 4.97. The fourth-order valence-corrected chi connectivity index (χ4v) is 2.35. The molecule has 0 aliphatic rings. The minimum Gasteiger partial charge on any atom is -0.495 e. The summed E-state index contributed by atoms with van der Waals surface area (Å²) in [4.78, 5) is 25.5. The van der Waals surface area contributed by atoms with Gasteiger partial charge in [0.25, 0.3) is 5.91 Å². The predicted octanol–water partition coefficient (Wildman–Crippen LogP) is 2.65. The van der Waals surface area contributed by atoms with E-state index in [4.69, 9.17) is 4.74 Å². The van der Waals surface area contributed by atoms with Gasteiger partial charge in [0.1, 0.15) is 5.75 Å². The SMILES string of the molecule is COc1ccc(CNC(=O)c2ccc(N(C)C)cc2)cc1NC(C)=O. The Morgan fingerprint density at radius 1 is 1.08 bits per heavy atom. The summed E-state index contributed by atoms with van der Waals surface area (Å²) in [5.41, 5.74) is 3.08. The first-order valence-electron chi connectivity index (χ1n) is 7.91. The lowest BCUT2D eigenvalue weighted by Gasteiger charge is -2.13. The van der Waals surface area contributed by atoms with Gasteiger partial charge in [0.05, 0.1) is 12.8 Å². The first-order valence-corrected chi connectivity index (χ1v) is 7.91. The van der Waals surface area contributed by atoms with Crippen LogP contribution in [0, 0.1) is 0 Å². The lowest BCUT2D eigenvalue weighted by atomic mass is 10.1. The highest BCUT2D eigenvalue weighted by Gasteiger charge is 2.09. The molecule has 2 aromatic rings. The van der Waals surface area contributed by atoms with Gasteiger partial charge in [-0.25, -0.2) is 0 Å². The molecule has 2 amide bonds. The maximum Gasteiger partial charge on any atom is 0.251 e. The molecule has 0 aliphatic carbocycles. The summed E-state index contributed by atoms with van der Waals surface area (Å²) >= 11 is 0. The molecule has 0 saturated carbocycles. The van der Waals surface area contributed by atoms with Gasteiger partial charge in [-0.3, -0.25) is 9.59 Å². The number of carbonyl (C=O) groups is 2. The van der Waals surface area contributed by atoms with Gasteiger partial charge in [-0.05, 0) is 42.0 Å². The quantitative estimate of drug-likeness (QED) is 0.847. The van der Waals surface area contributed by atoms with E-state index in [1.165, 1.54) is 6.92 Å². The molecule has 2 aromatic carbocycles. The second-order valence-corrected chi connectivity index (χ2v) is 5.84. The van der Waals surface area contributed by atoms with Gasteiger partial charge in [-0.15, -0.1) is 0 Å². The number of ether oxygens (including phenoxy) is 1. The minimum absolute atomic E-state index is 0.151. The Hall–Kier alpha value is -3.02. The van der Waals surface area contributed by atoms with Crippen molar-refractivity contribution in [3.63, 3.8) is 0 Å². The number of carbonyl (C=O) groups excluding carboxylic acids is 2. The molecular weight excluding hydrogens is 318 g/mol. The van der Waals surface area contributed by atoms with E-state index in [0.717, 1.165) is 11.3 Å². The van der Waals surface area contributed by atoms with E-state index < -0.39 is 0 Å². The van der Waals surface area contributed by atoms with Gasteiger partial charge in [-0.2, -0.15) is 0 Å². The van der Waals surface area contributed by atoms with Crippen LogP contribution in [0.3, 0.4) is 0 Å². The Bertz CT molecular complexity index is 755. The van der Waals surface area contributed by atoms with Crippen LogP contribution in [0.1, 0.15) is 22.8 Å². The highest BCUT2D eigenvalue weighted by Crippen LogP contribution is 2.25. The summed E-state index contributed by atoms with van der Waals surface area (Å²) in [5.74, 6) is 0.243. The Labute approximate surface area is 147 Å². The fourth-order valence-electron chi connectivity index (χ4n) is 2.35. The number of rotatable bonds is 6. The van der Waals surface area contributed by atoms with Gasteiger partial charge >= 0.3 is 0 Å². The number of hydrogen-bond donors (Lipinski definition) is 2. The highest BCUT2D eigenvalue weighted by atomic mass is 16.5. The normalized spacial score (nSPS) is 10.1. The van der Waals surface area contributed by atoms with Crippen molar-refractivity contribution in [1.82, 2.24) is 5.32 Å². The molecular formula is C19H23N3O3. The van der Waals surface area contributed by atoms with Crippen LogP contribution in [0.5, 0.6) is 5.75 Å². The summed E-state index contributed by atoms with van der Waals surface area (Å²) in [7, 11) is 5.44. The molecule has 0 unspecified atom stereocenters. The number of benzene rings is 2. The number of nitrogens with one attached hydrogen (secondary N) is 2. The smallest absolute Gasteiger partial charge is 0.251 e. The number of hydrogen-bond acceptors (Lipinski definition) is 4. The Morgan fingerprint density at radius 2 is 1.76 bits per heavy atom. The molecule has 2 N–H and O–H groups in total. The van der Waals surface area contributed by atoms with Crippen molar-refractivity contribution in [2.24, 2.45) is 0 Å². The summed E-state index contributed by atoms with van der Waals surface area (Å²) in [6.45, 7) is 1.79. The molecule has 6 nitrogen and oxygen atoms in total. The van der Waals surface area contributed by atoms with Gasteiger partial charge in [-0.1, -0.05) is 6.07 Å². The molecule has 0 bridgehead atoms. The standard InChI is InChI=1S/C19H23N3O3/c1-13(23)21-17-11-14(5-10-18(17)25-4)12-20-19(24)15-6-8-16(9-7-15)22(2)3/h5-11H,12H2,1-4H3,(H,20,24)(H,21,23). The number of methoxy groups -OCH3 is 1. The third-order valence-electron chi connectivity index (χ3n) is 3.67. The summed E-state index contributed by atoms with van der Waals surface area (Å²) in [5, 5.41) is 5.60. The Morgan fingerprint density at radius 3 is 2.32 bits per heavy atom. The van der Waals surface area contributed by atoms with Crippen molar-refractivity contribution in [3.8, 4) is 5.75 Å². The number of nitrogens with zero attached hydrogens (tertiary/aromatic N) is 1. The van der Waals surface area contributed by atoms with Crippen molar-refractivity contribution in [2.45, 2.75) is 13.5 Å². The van der Waals surface area contributed by atoms with Gasteiger partial charge in [0.2, 0.25) is 5.91 Å². The molecule has 0 radical (unpaired) electrons. The molecule has 0 spiro atoms. The molecule has 132 valence electrons. The first kappa shape index (κ1) is 18.3. The maximum atomic E-state index is 12.3. The molecule has 0 aromatic heterocycles. The van der Waals surface area contributed by atoms with E-state index in [2.05, 4.69) is 10.6 Å². The van der Waals surface area contributed by atoms with Crippen molar-refractivity contribution in [1.29, 1.82) is 0 Å². The highest BCUT2D eigenvalue weighted by molar-refractivity contribution is 5.94. The van der Waals surface area contributed by atoms with Crippen LogP contribution in [0.15, 0.2) is 42.5 Å². The van der Waals surface area contributed by atoms with Gasteiger partial charge < -0.3 is 20.3 Å². The van der Waals surface area contributed by atoms with Crippen LogP contribution >= 0.6 is 0 Å². The largest absolute Gasteiger partial charge is 0.495 e. The van der Waals surface area contributed by atoms with E-state index in [1.807, 2.05) is 37.2 Å². The molecule has 0 aliphatic heterocycles. The summed E-state index contributed by atoms with van der Waals surface area (Å²) < 4.78 is 5.22. The van der Waals surface area contributed by atoms with Crippen molar-refractivity contribution in [2.75, 3.05) is 31.4 Å². The monoisotopic (exact) mass is 341 g/mol. The Balaban J connectivity index is 2.04. The zero-order valence-electron chi connectivity index (χ0n) is 14.9. The average Bonchev–Trinajstić information content (AvgIpc) is 2.59. The summed E-state index contributed by atoms with van der Waals surface area (Å²) in [6.07, 6.45) is 0. The second-order valence-electron chi connectivity index (χ2n) is 5.84. The van der Waals surface area contributed by atoms with E-state index in [-0.39, 0.29) is 11.8 Å². The van der Waals surface area contributed by atoms with Crippen LogP contribution in [0.2, 0.25) is 0 Å². The van der Waals surface area contributed by atoms with Gasteiger partial charge in [0.15, 0.2) is 0 Å². The zero-order valence-corrected chi connectivity index (χ0v) is 14.9. The molecule has 0 fully saturated rings. The second kappa shape index (κ2) is 8.19.